The Hall–Kier alpha value is 0.0200. The number of piperidine rings is 1. The van der Waals surface area contributed by atoms with Gasteiger partial charge in [-0.1, -0.05) is 6.42 Å². The summed E-state index contributed by atoms with van der Waals surface area (Å²) in [7, 11) is -4.28. The first-order chi connectivity index (χ1) is 8.34. The zero-order chi connectivity index (χ0) is 13.4. The van der Waals surface area contributed by atoms with E-state index in [2.05, 4.69) is 0 Å². The third kappa shape index (κ3) is 2.79. The Labute approximate surface area is 112 Å². The van der Waals surface area contributed by atoms with E-state index in [0.717, 1.165) is 19.3 Å². The van der Waals surface area contributed by atoms with Crippen LogP contribution in [0.1, 0.15) is 33.1 Å². The van der Waals surface area contributed by atoms with Gasteiger partial charge in [0.1, 0.15) is 0 Å². The van der Waals surface area contributed by atoms with Gasteiger partial charge in [0.15, 0.2) is 0 Å². The smallest absolute Gasteiger partial charge is 0.259 e. The van der Waals surface area contributed by atoms with Crippen molar-refractivity contribution < 1.29 is 12.6 Å². The van der Waals surface area contributed by atoms with Crippen molar-refractivity contribution in [3.63, 3.8) is 0 Å². The third-order valence-electron chi connectivity index (χ3n) is 3.67. The lowest BCUT2D eigenvalue weighted by Crippen LogP contribution is -2.56. The van der Waals surface area contributed by atoms with Crippen LogP contribution in [-0.2, 0) is 21.0 Å². The van der Waals surface area contributed by atoms with Crippen molar-refractivity contribution in [2.75, 3.05) is 31.9 Å². The van der Waals surface area contributed by atoms with E-state index in [1.165, 1.54) is 4.31 Å². The highest BCUT2D eigenvalue weighted by atomic mass is 32.2. The molecule has 106 valence electrons. The lowest BCUT2D eigenvalue weighted by molar-refractivity contribution is 0.294. The van der Waals surface area contributed by atoms with Gasteiger partial charge < -0.3 is 0 Å². The maximum atomic E-state index is 12.5. The van der Waals surface area contributed by atoms with Crippen molar-refractivity contribution in [2.45, 2.75) is 37.9 Å². The molecule has 0 amide bonds. The van der Waals surface area contributed by atoms with Crippen LogP contribution in [0, 0.1) is 0 Å². The van der Waals surface area contributed by atoms with Gasteiger partial charge >= 0.3 is 0 Å². The molecular weight excluding hydrogens is 272 g/mol. The minimum atomic E-state index is -3.35. The summed E-state index contributed by atoms with van der Waals surface area (Å²) in [6, 6.07) is 0. The molecule has 0 spiro atoms. The maximum absolute atomic E-state index is 12.5. The van der Waals surface area contributed by atoms with Gasteiger partial charge in [-0.3, -0.25) is 4.21 Å². The average Bonchev–Trinajstić information content (AvgIpc) is 2.33. The van der Waals surface area contributed by atoms with Crippen molar-refractivity contribution >= 4 is 21.0 Å². The van der Waals surface area contributed by atoms with E-state index in [1.54, 1.807) is 4.31 Å². The van der Waals surface area contributed by atoms with Gasteiger partial charge in [0.25, 0.3) is 10.2 Å². The summed E-state index contributed by atoms with van der Waals surface area (Å²) in [5.41, 5.74) is 0. The molecule has 1 atom stereocenters. The van der Waals surface area contributed by atoms with Gasteiger partial charge in [0.05, 0.1) is 4.75 Å². The van der Waals surface area contributed by atoms with E-state index in [1.807, 2.05) is 13.8 Å². The minimum Gasteiger partial charge on any atom is -0.259 e. The first kappa shape index (κ1) is 14.4. The minimum absolute atomic E-state index is 0.360. The van der Waals surface area contributed by atoms with Crippen molar-refractivity contribution in [2.24, 2.45) is 0 Å². The molecular formula is C11H22N2O3S2. The Kier molecular flexibility index (Phi) is 4.16. The van der Waals surface area contributed by atoms with Crippen LogP contribution < -0.4 is 0 Å². The Morgan fingerprint density at radius 2 is 1.61 bits per heavy atom. The molecule has 0 aliphatic carbocycles. The highest BCUT2D eigenvalue weighted by molar-refractivity contribution is 7.88. The number of hydrogen-bond donors (Lipinski definition) is 0. The molecule has 18 heavy (non-hydrogen) atoms. The van der Waals surface area contributed by atoms with Crippen LogP contribution >= 0.6 is 0 Å². The average molecular weight is 294 g/mol. The van der Waals surface area contributed by atoms with Crippen molar-refractivity contribution in [1.29, 1.82) is 0 Å². The molecule has 2 saturated heterocycles. The monoisotopic (exact) mass is 294 g/mol. The van der Waals surface area contributed by atoms with Crippen LogP contribution in [0.25, 0.3) is 0 Å². The zero-order valence-corrected chi connectivity index (χ0v) is 12.7. The molecule has 2 heterocycles. The molecule has 7 heteroatoms. The van der Waals surface area contributed by atoms with E-state index >= 15 is 0 Å². The molecule has 2 aliphatic rings. The van der Waals surface area contributed by atoms with Crippen LogP contribution in [0.4, 0.5) is 0 Å². The van der Waals surface area contributed by atoms with E-state index in [0.29, 0.717) is 31.9 Å². The molecule has 5 nitrogen and oxygen atoms in total. The van der Waals surface area contributed by atoms with Crippen molar-refractivity contribution in [3.8, 4) is 0 Å². The first-order valence-electron chi connectivity index (χ1n) is 6.48. The summed E-state index contributed by atoms with van der Waals surface area (Å²) < 4.78 is 39.5. The zero-order valence-electron chi connectivity index (χ0n) is 11.1. The Bertz CT molecular complexity index is 428. The summed E-state index contributed by atoms with van der Waals surface area (Å²) in [4.78, 5) is 0. The Balaban J connectivity index is 2.13. The van der Waals surface area contributed by atoms with E-state index < -0.39 is 25.8 Å². The van der Waals surface area contributed by atoms with Gasteiger partial charge in [0, 0.05) is 42.7 Å². The van der Waals surface area contributed by atoms with Crippen LogP contribution in [0.2, 0.25) is 0 Å². The molecule has 0 N–H and O–H groups in total. The largest absolute Gasteiger partial charge is 0.282 e. The van der Waals surface area contributed by atoms with Crippen LogP contribution in [0.15, 0.2) is 0 Å². The van der Waals surface area contributed by atoms with Gasteiger partial charge in [-0.2, -0.15) is 17.0 Å². The predicted molar refractivity (Wildman–Crippen MR) is 73.0 cm³/mol. The molecule has 0 aromatic carbocycles. The lowest BCUT2D eigenvalue weighted by atomic mass is 10.2. The maximum Gasteiger partial charge on any atom is 0.282 e. The van der Waals surface area contributed by atoms with Crippen molar-refractivity contribution in [1.82, 2.24) is 8.61 Å². The molecule has 0 bridgehead atoms. The fourth-order valence-electron chi connectivity index (χ4n) is 2.49. The lowest BCUT2D eigenvalue weighted by Gasteiger charge is -2.39. The Morgan fingerprint density at radius 3 is 2.17 bits per heavy atom. The third-order valence-corrected chi connectivity index (χ3v) is 7.56. The number of hydrogen-bond acceptors (Lipinski definition) is 3. The molecule has 0 aromatic heterocycles. The normalized spacial score (nSPS) is 31.3. The molecule has 0 unspecified atom stereocenters. The SMILES string of the molecule is CC1(C)CN(S(=O)(=O)N2CCCCC2)CC[S@@]1=O. The standard InChI is InChI=1S/C11H22N2O3S2/c1-11(2)10-13(8-9-17(11)14)18(15,16)12-6-4-3-5-7-12/h3-10H2,1-2H3/t17-/m0/s1. The number of rotatable bonds is 2. The quantitative estimate of drug-likeness (QED) is 0.748. The van der Waals surface area contributed by atoms with Crippen molar-refractivity contribution in [3.05, 3.63) is 0 Å². The van der Waals surface area contributed by atoms with Gasteiger partial charge in [-0.15, -0.1) is 0 Å². The fraction of sp³-hybridized carbons (Fsp3) is 1.00. The Morgan fingerprint density at radius 1 is 1.00 bits per heavy atom. The van der Waals surface area contributed by atoms with Gasteiger partial charge in [0.2, 0.25) is 0 Å². The molecule has 0 saturated carbocycles. The van der Waals surface area contributed by atoms with E-state index in [9.17, 15) is 12.6 Å². The summed E-state index contributed by atoms with van der Waals surface area (Å²) in [5.74, 6) is 0.445. The number of nitrogens with zero attached hydrogens (tertiary/aromatic N) is 2. The summed E-state index contributed by atoms with van der Waals surface area (Å²) in [5, 5.41) is 0. The molecule has 0 aromatic rings. The van der Waals surface area contributed by atoms with Crippen LogP contribution in [-0.4, -0.2) is 57.9 Å². The summed E-state index contributed by atoms with van der Waals surface area (Å²) >= 11 is 0. The molecule has 2 aliphatic heterocycles. The molecule has 2 fully saturated rings. The predicted octanol–water partition coefficient (Wildman–Crippen LogP) is 0.560. The summed E-state index contributed by atoms with van der Waals surface area (Å²) in [6.45, 7) is 5.75. The second-order valence-corrected chi connectivity index (χ2v) is 9.74. The summed E-state index contributed by atoms with van der Waals surface area (Å²) in [6.07, 6.45) is 3.01. The van der Waals surface area contributed by atoms with E-state index in [-0.39, 0.29) is 0 Å². The topological polar surface area (TPSA) is 57.7 Å². The second-order valence-electron chi connectivity index (χ2n) is 5.61. The highest BCUT2D eigenvalue weighted by Crippen LogP contribution is 2.25. The van der Waals surface area contributed by atoms with Gasteiger partial charge in [-0.25, -0.2) is 0 Å². The highest BCUT2D eigenvalue weighted by Gasteiger charge is 2.40. The second kappa shape index (κ2) is 5.19. The van der Waals surface area contributed by atoms with Crippen LogP contribution in [0.3, 0.4) is 0 Å². The first-order valence-corrected chi connectivity index (χ1v) is 9.19. The van der Waals surface area contributed by atoms with E-state index in [4.69, 9.17) is 0 Å². The van der Waals surface area contributed by atoms with Gasteiger partial charge in [-0.05, 0) is 26.7 Å². The fourth-order valence-corrected chi connectivity index (χ4v) is 5.78. The molecule has 2 rings (SSSR count). The molecule has 0 radical (unpaired) electrons. The van der Waals surface area contributed by atoms with Crippen LogP contribution in [0.5, 0.6) is 0 Å².